The van der Waals surface area contributed by atoms with Crippen molar-refractivity contribution in [1.29, 1.82) is 0 Å². The topological polar surface area (TPSA) is 29.5 Å². The summed E-state index contributed by atoms with van der Waals surface area (Å²) >= 11 is 0. The molecule has 124 valence electrons. The maximum atomic E-state index is 10.8. The second kappa shape index (κ2) is 7.43. The van der Waals surface area contributed by atoms with Gasteiger partial charge in [0.2, 0.25) is 0 Å². The summed E-state index contributed by atoms with van der Waals surface area (Å²) < 4.78 is 6.38. The normalized spacial score (nSPS) is 22.6. The molecule has 0 amide bonds. The van der Waals surface area contributed by atoms with Crippen LogP contribution in [-0.4, -0.2) is 25.6 Å². The van der Waals surface area contributed by atoms with Crippen LogP contribution in [0.25, 0.3) is 0 Å². The fraction of sp³-hybridized carbons (Fsp3) is 0.889. The van der Waals surface area contributed by atoms with E-state index in [4.69, 9.17) is 4.43 Å². The van der Waals surface area contributed by atoms with E-state index in [9.17, 15) is 5.11 Å². The minimum Gasteiger partial charge on any atom is -0.412 e. The van der Waals surface area contributed by atoms with Crippen molar-refractivity contribution in [3.8, 4) is 0 Å². The highest BCUT2D eigenvalue weighted by Crippen LogP contribution is 2.39. The summed E-state index contributed by atoms with van der Waals surface area (Å²) in [6, 6.07) is 0. The Bertz CT molecular complexity index is 327. The van der Waals surface area contributed by atoms with Gasteiger partial charge >= 0.3 is 0 Å². The molecule has 1 aliphatic carbocycles. The molecule has 1 aliphatic rings. The highest BCUT2D eigenvalue weighted by molar-refractivity contribution is 6.74. The first-order chi connectivity index (χ1) is 9.60. The summed E-state index contributed by atoms with van der Waals surface area (Å²) in [5.41, 5.74) is 0. The predicted octanol–water partition coefficient (Wildman–Crippen LogP) is 5.14. The Kier molecular flexibility index (Phi) is 6.70. The first kappa shape index (κ1) is 18.9. The van der Waals surface area contributed by atoms with E-state index in [1.807, 2.05) is 13.0 Å². The van der Waals surface area contributed by atoms with Crippen molar-refractivity contribution in [3.63, 3.8) is 0 Å². The van der Waals surface area contributed by atoms with Gasteiger partial charge in [0, 0.05) is 5.92 Å². The molecule has 0 radical (unpaired) electrons. The summed E-state index contributed by atoms with van der Waals surface area (Å²) in [4.78, 5) is 0. The molecule has 21 heavy (non-hydrogen) atoms. The van der Waals surface area contributed by atoms with Gasteiger partial charge in [-0.2, -0.15) is 0 Å². The maximum absolute atomic E-state index is 10.8. The fourth-order valence-electron chi connectivity index (χ4n) is 3.15. The molecule has 1 saturated carbocycles. The fourth-order valence-corrected chi connectivity index (χ4v) is 4.58. The van der Waals surface area contributed by atoms with E-state index < -0.39 is 14.4 Å². The lowest BCUT2D eigenvalue weighted by molar-refractivity contribution is -0.00837. The number of rotatable bonds is 6. The smallest absolute Gasteiger partial charge is 0.192 e. The molecule has 1 rings (SSSR count). The molecule has 1 N–H and O–H groups in total. The van der Waals surface area contributed by atoms with E-state index in [1.165, 1.54) is 32.1 Å². The Morgan fingerprint density at radius 2 is 1.71 bits per heavy atom. The van der Waals surface area contributed by atoms with Crippen LogP contribution >= 0.6 is 0 Å². The van der Waals surface area contributed by atoms with Crippen molar-refractivity contribution < 1.29 is 9.53 Å². The monoisotopic (exact) mass is 312 g/mol. The molecule has 2 nitrogen and oxygen atoms in total. The summed E-state index contributed by atoms with van der Waals surface area (Å²) in [5.74, 6) is 0.752. The minimum absolute atomic E-state index is 0.115. The van der Waals surface area contributed by atoms with E-state index in [0.717, 1.165) is 0 Å². The van der Waals surface area contributed by atoms with Crippen LogP contribution in [-0.2, 0) is 4.43 Å². The zero-order valence-electron chi connectivity index (χ0n) is 15.0. The third kappa shape index (κ3) is 4.94. The average Bonchev–Trinajstić information content (AvgIpc) is 2.38. The van der Waals surface area contributed by atoms with Crippen molar-refractivity contribution >= 4 is 8.32 Å². The molecule has 0 spiro atoms. The van der Waals surface area contributed by atoms with E-state index in [0.29, 0.717) is 5.92 Å². The SMILES string of the molecule is C=C[C@H](C1CCCCC1)[C@H](O)[C@H](C)O[Si](C)(C)C(C)(C)C. The van der Waals surface area contributed by atoms with Crippen LogP contribution < -0.4 is 0 Å². The predicted molar refractivity (Wildman–Crippen MR) is 94.0 cm³/mol. The van der Waals surface area contributed by atoms with Gasteiger partial charge in [-0.05, 0) is 43.8 Å². The van der Waals surface area contributed by atoms with Gasteiger partial charge in [-0.3, -0.25) is 0 Å². The molecule has 0 aliphatic heterocycles. The molecule has 0 aromatic heterocycles. The van der Waals surface area contributed by atoms with Crippen LogP contribution in [0.1, 0.15) is 59.8 Å². The molecule has 0 bridgehead atoms. The number of hydrogen-bond donors (Lipinski definition) is 1. The third-order valence-corrected chi connectivity index (χ3v) is 10.2. The van der Waals surface area contributed by atoms with Gasteiger partial charge in [-0.15, -0.1) is 6.58 Å². The van der Waals surface area contributed by atoms with Crippen LogP contribution in [0, 0.1) is 11.8 Å². The second-order valence-electron chi connectivity index (χ2n) is 8.29. The highest BCUT2D eigenvalue weighted by Gasteiger charge is 2.41. The van der Waals surface area contributed by atoms with Gasteiger partial charge in [0.15, 0.2) is 8.32 Å². The molecule has 3 heteroatoms. The summed E-state index contributed by atoms with van der Waals surface area (Å²) in [6.07, 6.45) is 7.79. The molecule has 0 unspecified atom stereocenters. The Labute approximate surface area is 133 Å². The van der Waals surface area contributed by atoms with Crippen molar-refractivity contribution in [2.45, 2.75) is 90.1 Å². The Morgan fingerprint density at radius 1 is 1.19 bits per heavy atom. The summed E-state index contributed by atoms with van der Waals surface area (Å²) in [6.45, 7) is 17.2. The summed E-state index contributed by atoms with van der Waals surface area (Å²) in [5, 5.41) is 11.0. The third-order valence-electron chi connectivity index (χ3n) is 5.63. The van der Waals surface area contributed by atoms with Gasteiger partial charge in [-0.1, -0.05) is 46.1 Å². The van der Waals surface area contributed by atoms with Crippen LogP contribution in [0.4, 0.5) is 0 Å². The highest BCUT2D eigenvalue weighted by atomic mass is 28.4. The first-order valence-electron chi connectivity index (χ1n) is 8.58. The van der Waals surface area contributed by atoms with E-state index in [-0.39, 0.29) is 17.1 Å². The molecule has 1 fully saturated rings. The quantitative estimate of drug-likeness (QED) is 0.543. The van der Waals surface area contributed by atoms with Crippen molar-refractivity contribution in [1.82, 2.24) is 0 Å². The van der Waals surface area contributed by atoms with Crippen LogP contribution in [0.5, 0.6) is 0 Å². The molecular weight excluding hydrogens is 276 g/mol. The molecular formula is C18H36O2Si. The van der Waals surface area contributed by atoms with E-state index in [2.05, 4.69) is 40.4 Å². The van der Waals surface area contributed by atoms with E-state index >= 15 is 0 Å². The second-order valence-corrected chi connectivity index (χ2v) is 13.0. The lowest BCUT2D eigenvalue weighted by Crippen LogP contribution is -2.48. The van der Waals surface area contributed by atoms with Gasteiger partial charge in [0.05, 0.1) is 12.2 Å². The zero-order valence-corrected chi connectivity index (χ0v) is 16.0. The average molecular weight is 313 g/mol. The standard InChI is InChI=1S/C18H36O2Si/c1-8-16(15-12-10-9-11-13-15)17(19)14(2)20-21(6,7)18(3,4)5/h8,14-17,19H,1,9-13H2,2-7H3/t14-,16+,17+/m0/s1. The maximum Gasteiger partial charge on any atom is 0.192 e. The van der Waals surface area contributed by atoms with Gasteiger partial charge in [0.25, 0.3) is 0 Å². The minimum atomic E-state index is -1.83. The van der Waals surface area contributed by atoms with Crippen molar-refractivity contribution in [2.75, 3.05) is 0 Å². The lowest BCUT2D eigenvalue weighted by Gasteiger charge is -2.41. The molecule has 0 saturated heterocycles. The zero-order chi connectivity index (χ0) is 16.3. The van der Waals surface area contributed by atoms with Gasteiger partial charge in [0.1, 0.15) is 0 Å². The first-order valence-corrected chi connectivity index (χ1v) is 11.5. The van der Waals surface area contributed by atoms with Crippen LogP contribution in [0.15, 0.2) is 12.7 Å². The van der Waals surface area contributed by atoms with Crippen molar-refractivity contribution in [2.24, 2.45) is 11.8 Å². The van der Waals surface area contributed by atoms with Crippen LogP contribution in [0.2, 0.25) is 18.1 Å². The summed E-state index contributed by atoms with van der Waals surface area (Å²) in [7, 11) is -1.83. The number of aliphatic hydroxyl groups is 1. The van der Waals surface area contributed by atoms with Gasteiger partial charge in [-0.25, -0.2) is 0 Å². The Morgan fingerprint density at radius 3 is 2.14 bits per heavy atom. The Balaban J connectivity index is 2.70. The molecule has 0 heterocycles. The van der Waals surface area contributed by atoms with Crippen LogP contribution in [0.3, 0.4) is 0 Å². The Hall–Kier alpha value is -0.123. The lowest BCUT2D eigenvalue weighted by atomic mass is 9.76. The number of hydrogen-bond acceptors (Lipinski definition) is 2. The van der Waals surface area contributed by atoms with Crippen molar-refractivity contribution in [3.05, 3.63) is 12.7 Å². The molecule has 3 atom stereocenters. The molecule has 0 aromatic carbocycles. The number of aliphatic hydroxyl groups excluding tert-OH is 1. The molecule has 0 aromatic rings. The van der Waals surface area contributed by atoms with E-state index in [1.54, 1.807) is 0 Å². The van der Waals surface area contributed by atoms with Gasteiger partial charge < -0.3 is 9.53 Å². The largest absolute Gasteiger partial charge is 0.412 e.